The lowest BCUT2D eigenvalue weighted by molar-refractivity contribution is -0.143. The maximum absolute atomic E-state index is 14.5. The van der Waals surface area contributed by atoms with Crippen molar-refractivity contribution in [3.8, 4) is 0 Å². The van der Waals surface area contributed by atoms with Gasteiger partial charge in [0.1, 0.15) is 27.7 Å². The van der Waals surface area contributed by atoms with Crippen LogP contribution in [0.2, 0.25) is 0 Å². The summed E-state index contributed by atoms with van der Waals surface area (Å²) in [5.74, 6) is -1.63. The van der Waals surface area contributed by atoms with Crippen molar-refractivity contribution in [1.29, 1.82) is 0 Å². The average molecular weight is 462 g/mol. The van der Waals surface area contributed by atoms with Gasteiger partial charge in [-0.05, 0) is 43.5 Å². The van der Waals surface area contributed by atoms with Gasteiger partial charge in [0.25, 0.3) is 5.91 Å². The molecule has 2 unspecified atom stereocenters. The molecule has 0 aliphatic carbocycles. The molecule has 0 saturated heterocycles. The first-order chi connectivity index (χ1) is 15.3. The molecule has 2 atom stereocenters. The molecule has 0 spiro atoms. The van der Waals surface area contributed by atoms with E-state index in [4.69, 9.17) is 5.73 Å². The van der Waals surface area contributed by atoms with Crippen molar-refractivity contribution in [2.45, 2.75) is 30.7 Å². The van der Waals surface area contributed by atoms with Gasteiger partial charge in [0.05, 0.1) is 0 Å². The molecule has 170 valence electrons. The molecule has 1 aliphatic heterocycles. The summed E-state index contributed by atoms with van der Waals surface area (Å²) in [6, 6.07) is 12.3. The molecule has 0 fully saturated rings. The predicted octanol–water partition coefficient (Wildman–Crippen LogP) is 2.75. The molecule has 1 heterocycles. The Balaban J connectivity index is 2.04. The number of carbonyl (C=O) groups is 1. The van der Waals surface area contributed by atoms with E-state index in [0.29, 0.717) is 19.4 Å². The van der Waals surface area contributed by atoms with Crippen LogP contribution >= 0.6 is 11.8 Å². The van der Waals surface area contributed by atoms with Crippen LogP contribution in [0.3, 0.4) is 0 Å². The highest BCUT2D eigenvalue weighted by Gasteiger charge is 2.49. The second-order valence-electron chi connectivity index (χ2n) is 7.25. The summed E-state index contributed by atoms with van der Waals surface area (Å²) < 4.78 is 28.4. The summed E-state index contributed by atoms with van der Waals surface area (Å²) in [7, 11) is 1.57. The number of hydrogen-bond donors (Lipinski definition) is 3. The van der Waals surface area contributed by atoms with Gasteiger partial charge in [0.15, 0.2) is 5.96 Å². The van der Waals surface area contributed by atoms with E-state index in [2.05, 4.69) is 15.4 Å². The molecular formula is C22H25F2N5O2S. The van der Waals surface area contributed by atoms with Crippen molar-refractivity contribution in [2.24, 2.45) is 15.8 Å². The minimum Gasteiger partial charge on any atom is -0.383 e. The normalized spacial score (nSPS) is 19.6. The minimum absolute atomic E-state index is 0.0447. The van der Waals surface area contributed by atoms with Gasteiger partial charge in [-0.2, -0.15) is 5.10 Å². The third kappa shape index (κ3) is 4.91. The van der Waals surface area contributed by atoms with Crippen molar-refractivity contribution < 1.29 is 18.7 Å². The predicted molar refractivity (Wildman–Crippen MR) is 122 cm³/mol. The zero-order valence-electron chi connectivity index (χ0n) is 17.8. The molecule has 10 heteroatoms. The number of aliphatic hydroxyl groups is 1. The summed E-state index contributed by atoms with van der Waals surface area (Å²) >= 11 is 1.15. The Kier molecular flexibility index (Phi) is 7.47. The monoisotopic (exact) mass is 461 g/mol. The average Bonchev–Trinajstić information content (AvgIpc) is 3.18. The fourth-order valence-electron chi connectivity index (χ4n) is 3.37. The smallest absolute Gasteiger partial charge is 0.272 e. The number of amides is 1. The molecule has 1 amide bonds. The van der Waals surface area contributed by atoms with Crippen LogP contribution in [0.25, 0.3) is 0 Å². The van der Waals surface area contributed by atoms with E-state index < -0.39 is 28.5 Å². The van der Waals surface area contributed by atoms with E-state index in [1.165, 1.54) is 11.9 Å². The topological polar surface area (TPSA) is 103 Å². The third-order valence-corrected chi connectivity index (χ3v) is 6.43. The molecule has 0 radical (unpaired) electrons. The fraction of sp³-hybridized carbons (Fsp3) is 0.318. The largest absolute Gasteiger partial charge is 0.383 e. The Bertz CT molecular complexity index is 1030. The number of guanidine groups is 1. The standard InChI is InChI=1S/C22H25F2N5O2S/c1-14(30)20(31)29-22(15-7-4-3-5-8-15,11-6-12-27-21(25)26-2)32-19(28-29)17-13-16(23)9-10-18(17)24/h3-5,7-10,13-14,30H,6,11-12H2,1-2H3,(H3,25,26,27). The molecule has 0 aromatic heterocycles. The number of halogens is 2. The third-order valence-electron chi connectivity index (χ3n) is 4.99. The molecule has 3 rings (SSSR count). The Morgan fingerprint density at radius 2 is 2.03 bits per heavy atom. The first kappa shape index (κ1) is 23.7. The highest BCUT2D eigenvalue weighted by molar-refractivity contribution is 8.15. The van der Waals surface area contributed by atoms with Gasteiger partial charge >= 0.3 is 0 Å². The first-order valence-electron chi connectivity index (χ1n) is 10.1. The number of carbonyl (C=O) groups excluding carboxylic acids is 1. The number of nitrogens with two attached hydrogens (primary N) is 1. The van der Waals surface area contributed by atoms with Gasteiger partial charge in [-0.15, -0.1) is 0 Å². The summed E-state index contributed by atoms with van der Waals surface area (Å²) in [6.07, 6.45) is -0.385. The van der Waals surface area contributed by atoms with E-state index in [1.807, 2.05) is 30.3 Å². The number of thioether (sulfide) groups is 1. The highest BCUT2D eigenvalue weighted by Crippen LogP contribution is 2.50. The van der Waals surface area contributed by atoms with Gasteiger partial charge in [0, 0.05) is 19.2 Å². The number of nitrogens with one attached hydrogen (secondary N) is 1. The van der Waals surface area contributed by atoms with E-state index in [9.17, 15) is 18.7 Å². The first-order valence-corrected chi connectivity index (χ1v) is 10.9. The quantitative estimate of drug-likeness (QED) is 0.334. The number of hydrogen-bond acceptors (Lipinski definition) is 5. The zero-order valence-corrected chi connectivity index (χ0v) is 18.6. The second kappa shape index (κ2) is 10.1. The Labute approximate surface area is 189 Å². The van der Waals surface area contributed by atoms with E-state index in [0.717, 1.165) is 35.5 Å². The fourth-order valence-corrected chi connectivity index (χ4v) is 4.80. The molecular weight excluding hydrogens is 436 g/mol. The van der Waals surface area contributed by atoms with Crippen LogP contribution in [0.4, 0.5) is 8.78 Å². The van der Waals surface area contributed by atoms with Crippen molar-refractivity contribution in [2.75, 3.05) is 13.6 Å². The number of rotatable bonds is 7. The van der Waals surface area contributed by atoms with Crippen LogP contribution in [0, 0.1) is 11.6 Å². The van der Waals surface area contributed by atoms with Crippen molar-refractivity contribution in [1.82, 2.24) is 10.3 Å². The molecule has 1 aliphatic rings. The molecule has 0 saturated carbocycles. The molecule has 2 aromatic carbocycles. The molecule has 32 heavy (non-hydrogen) atoms. The molecule has 4 N–H and O–H groups in total. The summed E-state index contributed by atoms with van der Waals surface area (Å²) in [5.41, 5.74) is 6.39. The minimum atomic E-state index is -1.33. The lowest BCUT2D eigenvalue weighted by Crippen LogP contribution is -2.45. The van der Waals surface area contributed by atoms with E-state index in [-0.39, 0.29) is 16.6 Å². The lowest BCUT2D eigenvalue weighted by atomic mass is 9.99. The number of benzene rings is 2. The Morgan fingerprint density at radius 3 is 2.69 bits per heavy atom. The van der Waals surface area contributed by atoms with Crippen LogP contribution in [-0.2, 0) is 9.67 Å². The number of hydrazone groups is 1. The lowest BCUT2D eigenvalue weighted by Gasteiger charge is -2.36. The van der Waals surface area contributed by atoms with Gasteiger partial charge in [-0.1, -0.05) is 42.1 Å². The molecule has 2 aromatic rings. The summed E-state index contributed by atoms with van der Waals surface area (Å²) in [5, 5.41) is 18.7. The maximum Gasteiger partial charge on any atom is 0.272 e. The Morgan fingerprint density at radius 1 is 1.31 bits per heavy atom. The molecule has 7 nitrogen and oxygen atoms in total. The second-order valence-corrected chi connectivity index (χ2v) is 8.51. The van der Waals surface area contributed by atoms with Crippen LogP contribution in [0.5, 0.6) is 0 Å². The van der Waals surface area contributed by atoms with Crippen molar-refractivity contribution in [3.05, 3.63) is 71.3 Å². The molecule has 0 bridgehead atoms. The van der Waals surface area contributed by atoms with Gasteiger partial charge in [-0.25, -0.2) is 13.8 Å². The maximum atomic E-state index is 14.5. The van der Waals surface area contributed by atoms with Gasteiger partial charge in [0.2, 0.25) is 0 Å². The van der Waals surface area contributed by atoms with Gasteiger partial charge < -0.3 is 16.2 Å². The van der Waals surface area contributed by atoms with Crippen LogP contribution < -0.4 is 11.1 Å². The van der Waals surface area contributed by atoms with Crippen LogP contribution in [-0.4, -0.2) is 46.7 Å². The van der Waals surface area contributed by atoms with Crippen molar-refractivity contribution >= 4 is 28.7 Å². The SMILES string of the molecule is CN=C(N)NCCCC1(c2ccccc2)SC(c2cc(F)ccc2F)=NN1C(=O)C(C)O. The number of nitrogens with zero attached hydrogens (tertiary/aromatic N) is 3. The zero-order chi connectivity index (χ0) is 23.3. The Hall–Kier alpha value is -2.98. The summed E-state index contributed by atoms with van der Waals surface area (Å²) in [6.45, 7) is 1.82. The van der Waals surface area contributed by atoms with Crippen LogP contribution in [0.1, 0.15) is 30.9 Å². The highest BCUT2D eigenvalue weighted by atomic mass is 32.2. The van der Waals surface area contributed by atoms with Gasteiger partial charge in [-0.3, -0.25) is 9.79 Å². The number of aliphatic imine (C=N–C) groups is 1. The van der Waals surface area contributed by atoms with E-state index in [1.54, 1.807) is 7.05 Å². The number of aliphatic hydroxyl groups excluding tert-OH is 1. The van der Waals surface area contributed by atoms with Crippen LogP contribution in [0.15, 0.2) is 58.6 Å². The summed E-state index contributed by atoms with van der Waals surface area (Å²) in [4.78, 5) is 15.8. The van der Waals surface area contributed by atoms with E-state index >= 15 is 0 Å². The van der Waals surface area contributed by atoms with Crippen molar-refractivity contribution in [3.63, 3.8) is 0 Å².